The molecule has 0 heterocycles. The van der Waals surface area contributed by atoms with Crippen LogP contribution in [0.1, 0.15) is 6.92 Å². The Kier molecular flexibility index (Phi) is 2.84. The molecule has 0 aliphatic heterocycles. The molecule has 0 aliphatic rings. The van der Waals surface area contributed by atoms with Gasteiger partial charge in [-0.2, -0.15) is 8.78 Å². The Hall–Kier alpha value is -0.810. The van der Waals surface area contributed by atoms with Crippen LogP contribution in [0.4, 0.5) is 17.6 Å². The Bertz CT molecular complexity index is 157. The van der Waals surface area contributed by atoms with Crippen molar-refractivity contribution in [3.63, 3.8) is 0 Å². The number of carboxylic acids is 1. The molecular formula is C5H6F4O2. The van der Waals surface area contributed by atoms with Crippen molar-refractivity contribution in [2.45, 2.75) is 19.3 Å². The van der Waals surface area contributed by atoms with E-state index >= 15 is 0 Å². The van der Waals surface area contributed by atoms with E-state index in [4.69, 9.17) is 5.11 Å². The fourth-order valence-corrected chi connectivity index (χ4v) is 0.354. The van der Waals surface area contributed by atoms with Gasteiger partial charge in [0.25, 0.3) is 0 Å². The summed E-state index contributed by atoms with van der Waals surface area (Å²) < 4.78 is 46.9. The number of hydrogen-bond donors (Lipinski definition) is 1. The summed E-state index contributed by atoms with van der Waals surface area (Å²) >= 11 is 0. The number of halogens is 4. The highest BCUT2D eigenvalue weighted by Gasteiger charge is 2.49. The van der Waals surface area contributed by atoms with Crippen LogP contribution in [0.5, 0.6) is 0 Å². The highest BCUT2D eigenvalue weighted by Crippen LogP contribution is 2.31. The molecule has 6 heteroatoms. The second kappa shape index (κ2) is 3.06. The monoisotopic (exact) mass is 174 g/mol. The Balaban J connectivity index is 4.41. The van der Waals surface area contributed by atoms with Gasteiger partial charge in [0.1, 0.15) is 5.92 Å². The number of hydrogen-bond acceptors (Lipinski definition) is 1. The molecule has 0 aromatic carbocycles. The van der Waals surface area contributed by atoms with Crippen LogP contribution in [0.3, 0.4) is 0 Å². The maximum atomic E-state index is 12.1. The summed E-state index contributed by atoms with van der Waals surface area (Å²) in [6, 6.07) is 0. The Morgan fingerprint density at radius 2 is 1.82 bits per heavy atom. The molecule has 0 spiro atoms. The van der Waals surface area contributed by atoms with Crippen molar-refractivity contribution in [3.05, 3.63) is 0 Å². The van der Waals surface area contributed by atoms with Crippen LogP contribution in [-0.4, -0.2) is 23.4 Å². The number of alkyl halides is 4. The summed E-state index contributed by atoms with van der Waals surface area (Å²) in [5.74, 6) is -8.75. The number of aliphatic carboxylic acids is 1. The maximum Gasteiger partial charge on any atom is 0.320 e. The van der Waals surface area contributed by atoms with Crippen molar-refractivity contribution in [2.24, 2.45) is 5.92 Å². The zero-order valence-electron chi connectivity index (χ0n) is 5.52. The summed E-state index contributed by atoms with van der Waals surface area (Å²) in [6.45, 7) is 0.536. The van der Waals surface area contributed by atoms with Gasteiger partial charge >= 0.3 is 18.3 Å². The first kappa shape index (κ1) is 10.2. The summed E-state index contributed by atoms with van der Waals surface area (Å²) in [5.41, 5.74) is 0. The van der Waals surface area contributed by atoms with Crippen molar-refractivity contribution in [1.29, 1.82) is 0 Å². The smallest absolute Gasteiger partial charge is 0.320 e. The SMILES string of the molecule is C[C@H](C(=O)O)C(F)(F)C(F)F. The predicted molar refractivity (Wildman–Crippen MR) is 27.8 cm³/mol. The quantitative estimate of drug-likeness (QED) is 0.660. The van der Waals surface area contributed by atoms with E-state index in [9.17, 15) is 22.4 Å². The van der Waals surface area contributed by atoms with Crippen LogP contribution in [-0.2, 0) is 4.79 Å². The van der Waals surface area contributed by atoms with E-state index in [1.54, 1.807) is 0 Å². The normalized spacial score (nSPS) is 15.1. The minimum absolute atomic E-state index is 0.536. The number of carboxylic acid groups (broad SMARTS) is 1. The van der Waals surface area contributed by atoms with Gasteiger partial charge in [-0.1, -0.05) is 0 Å². The fraction of sp³-hybridized carbons (Fsp3) is 0.800. The zero-order valence-corrected chi connectivity index (χ0v) is 5.52. The van der Waals surface area contributed by atoms with E-state index in [0.29, 0.717) is 6.92 Å². The highest BCUT2D eigenvalue weighted by atomic mass is 19.3. The molecule has 0 aromatic heterocycles. The summed E-state index contributed by atoms with van der Waals surface area (Å²) in [7, 11) is 0. The molecule has 0 radical (unpaired) electrons. The van der Waals surface area contributed by atoms with Gasteiger partial charge in [-0.3, -0.25) is 4.79 Å². The summed E-state index contributed by atoms with van der Waals surface area (Å²) in [6.07, 6.45) is -3.94. The lowest BCUT2D eigenvalue weighted by Gasteiger charge is -2.18. The van der Waals surface area contributed by atoms with E-state index in [2.05, 4.69) is 0 Å². The van der Waals surface area contributed by atoms with Crippen molar-refractivity contribution < 1.29 is 27.5 Å². The molecule has 0 amide bonds. The fourth-order valence-electron chi connectivity index (χ4n) is 0.354. The molecule has 0 aromatic rings. The van der Waals surface area contributed by atoms with Crippen LogP contribution >= 0.6 is 0 Å². The van der Waals surface area contributed by atoms with Crippen LogP contribution in [0.15, 0.2) is 0 Å². The van der Waals surface area contributed by atoms with Gasteiger partial charge in [-0.25, -0.2) is 8.78 Å². The van der Waals surface area contributed by atoms with Gasteiger partial charge < -0.3 is 5.11 Å². The molecule has 0 fully saturated rings. The molecule has 0 bridgehead atoms. The van der Waals surface area contributed by atoms with Crippen LogP contribution < -0.4 is 0 Å². The van der Waals surface area contributed by atoms with E-state index in [1.165, 1.54) is 0 Å². The third-order valence-electron chi connectivity index (χ3n) is 1.24. The predicted octanol–water partition coefficient (Wildman–Crippen LogP) is 1.61. The molecule has 0 rings (SSSR count). The molecule has 1 N–H and O–H groups in total. The lowest BCUT2D eigenvalue weighted by Crippen LogP contribution is -2.38. The second-order valence-electron chi connectivity index (χ2n) is 2.04. The number of rotatable bonds is 3. The third kappa shape index (κ3) is 2.06. The summed E-state index contributed by atoms with van der Waals surface area (Å²) in [4.78, 5) is 9.84. The average molecular weight is 174 g/mol. The number of carbonyl (C=O) groups is 1. The van der Waals surface area contributed by atoms with Gasteiger partial charge in [0, 0.05) is 0 Å². The first-order valence-electron chi connectivity index (χ1n) is 2.69. The topological polar surface area (TPSA) is 37.3 Å². The van der Waals surface area contributed by atoms with E-state index in [0.717, 1.165) is 0 Å². The van der Waals surface area contributed by atoms with Crippen LogP contribution in [0, 0.1) is 5.92 Å². The van der Waals surface area contributed by atoms with Crippen molar-refractivity contribution >= 4 is 5.97 Å². The Morgan fingerprint density at radius 1 is 1.45 bits per heavy atom. The largest absolute Gasteiger partial charge is 0.481 e. The van der Waals surface area contributed by atoms with Gasteiger partial charge in [-0.15, -0.1) is 0 Å². The minimum atomic E-state index is -4.45. The lowest BCUT2D eigenvalue weighted by molar-refractivity contribution is -0.183. The minimum Gasteiger partial charge on any atom is -0.481 e. The van der Waals surface area contributed by atoms with Crippen LogP contribution in [0.2, 0.25) is 0 Å². The summed E-state index contributed by atoms with van der Waals surface area (Å²) in [5, 5.41) is 7.95. The molecule has 0 aliphatic carbocycles. The van der Waals surface area contributed by atoms with E-state index < -0.39 is 24.2 Å². The average Bonchev–Trinajstić information content (AvgIpc) is 1.85. The van der Waals surface area contributed by atoms with Crippen molar-refractivity contribution in [1.82, 2.24) is 0 Å². The third-order valence-corrected chi connectivity index (χ3v) is 1.24. The highest BCUT2D eigenvalue weighted by molar-refractivity contribution is 5.70. The standard InChI is InChI=1S/C5H6F4O2/c1-2(3(10)11)5(8,9)4(6)7/h2,4H,1H3,(H,10,11)/t2-/m1/s1. The van der Waals surface area contributed by atoms with Gasteiger partial charge in [0.15, 0.2) is 0 Å². The molecular weight excluding hydrogens is 168 g/mol. The Morgan fingerprint density at radius 3 is 1.91 bits per heavy atom. The van der Waals surface area contributed by atoms with E-state index in [-0.39, 0.29) is 0 Å². The molecule has 11 heavy (non-hydrogen) atoms. The van der Waals surface area contributed by atoms with Gasteiger partial charge in [0.05, 0.1) is 0 Å². The first-order chi connectivity index (χ1) is 4.80. The van der Waals surface area contributed by atoms with Gasteiger partial charge in [0.2, 0.25) is 0 Å². The Labute approximate surface area is 59.8 Å². The molecule has 0 unspecified atom stereocenters. The second-order valence-corrected chi connectivity index (χ2v) is 2.04. The van der Waals surface area contributed by atoms with Gasteiger partial charge in [-0.05, 0) is 6.92 Å². The van der Waals surface area contributed by atoms with E-state index in [1.807, 2.05) is 0 Å². The van der Waals surface area contributed by atoms with Crippen molar-refractivity contribution in [2.75, 3.05) is 0 Å². The lowest BCUT2D eigenvalue weighted by atomic mass is 10.1. The first-order valence-corrected chi connectivity index (χ1v) is 2.69. The van der Waals surface area contributed by atoms with Crippen molar-refractivity contribution in [3.8, 4) is 0 Å². The van der Waals surface area contributed by atoms with Crippen LogP contribution in [0.25, 0.3) is 0 Å². The molecule has 1 atom stereocenters. The zero-order chi connectivity index (χ0) is 9.23. The molecule has 0 saturated heterocycles. The molecule has 2 nitrogen and oxygen atoms in total. The molecule has 0 saturated carbocycles. The molecule has 66 valence electrons. The maximum absolute atomic E-state index is 12.1.